The van der Waals surface area contributed by atoms with Crippen LogP contribution in [-0.2, 0) is 4.79 Å². The summed E-state index contributed by atoms with van der Waals surface area (Å²) in [7, 11) is 0. The fraction of sp³-hybridized carbons (Fsp3) is 0.579. The van der Waals surface area contributed by atoms with Gasteiger partial charge in [-0.05, 0) is 37.8 Å². The first kappa shape index (κ1) is 18.6. The van der Waals surface area contributed by atoms with Crippen molar-refractivity contribution in [1.82, 2.24) is 9.80 Å². The Morgan fingerprint density at radius 1 is 1.00 bits per heavy atom. The molecule has 142 valence electrons. The summed E-state index contributed by atoms with van der Waals surface area (Å²) in [6.07, 6.45) is 5.55. The molecule has 2 fully saturated rings. The van der Waals surface area contributed by atoms with Gasteiger partial charge in [0.25, 0.3) is 5.91 Å². The van der Waals surface area contributed by atoms with E-state index in [1.165, 1.54) is 17.0 Å². The highest BCUT2D eigenvalue weighted by Gasteiger charge is 2.37. The number of carbonyl (C=O) groups is 2. The van der Waals surface area contributed by atoms with Crippen LogP contribution in [0.15, 0.2) is 24.3 Å². The van der Waals surface area contributed by atoms with Crippen LogP contribution in [0.3, 0.4) is 0 Å². The second-order valence-corrected chi connectivity index (χ2v) is 6.77. The van der Waals surface area contributed by atoms with E-state index >= 15 is 0 Å². The van der Waals surface area contributed by atoms with E-state index in [0.717, 1.165) is 45.2 Å². The zero-order valence-corrected chi connectivity index (χ0v) is 14.7. The molecule has 0 N–H and O–H groups in total. The van der Waals surface area contributed by atoms with Crippen LogP contribution in [0.2, 0.25) is 0 Å². The molecule has 3 rings (SSSR count). The van der Waals surface area contributed by atoms with Crippen molar-refractivity contribution in [2.45, 2.75) is 51.2 Å². The molecule has 1 aromatic rings. The average Bonchev–Trinajstić information content (AvgIpc) is 2.95. The maximum atomic E-state index is 12.9. The number of para-hydroxylation sites is 1. The number of likely N-dealkylation sites (tertiary alicyclic amines) is 2. The van der Waals surface area contributed by atoms with Gasteiger partial charge in [-0.25, -0.2) is 0 Å². The lowest BCUT2D eigenvalue weighted by atomic mass is 10.1. The summed E-state index contributed by atoms with van der Waals surface area (Å²) in [6, 6.07) is 5.44. The standard InChI is InChI=1S/C19H24F2N2O3/c20-19(21)26-16-10-4-3-8-14(16)17(24)23-13-7-9-15(23)18(25)22-11-5-1-2-6-12-22/h3-4,8,10,15,19H,1-2,5-7,9,11-13H2/t15-/m1/s1. The number of alkyl halides is 2. The van der Waals surface area contributed by atoms with Gasteiger partial charge in [-0.3, -0.25) is 9.59 Å². The largest absolute Gasteiger partial charge is 0.434 e. The van der Waals surface area contributed by atoms with Gasteiger partial charge in [-0.2, -0.15) is 8.78 Å². The second-order valence-electron chi connectivity index (χ2n) is 6.77. The number of halogens is 2. The van der Waals surface area contributed by atoms with Gasteiger partial charge in [0, 0.05) is 19.6 Å². The number of carbonyl (C=O) groups excluding carboxylic acids is 2. The Morgan fingerprint density at radius 2 is 1.69 bits per heavy atom. The first-order valence-corrected chi connectivity index (χ1v) is 9.21. The number of hydrogen-bond donors (Lipinski definition) is 0. The molecule has 26 heavy (non-hydrogen) atoms. The number of nitrogens with zero attached hydrogens (tertiary/aromatic N) is 2. The molecule has 7 heteroatoms. The summed E-state index contributed by atoms with van der Waals surface area (Å²) < 4.78 is 29.7. The molecule has 1 aromatic carbocycles. The van der Waals surface area contributed by atoms with Crippen molar-refractivity contribution in [3.05, 3.63) is 29.8 Å². The summed E-state index contributed by atoms with van der Waals surface area (Å²) in [5.41, 5.74) is 0.0726. The maximum Gasteiger partial charge on any atom is 0.387 e. The zero-order chi connectivity index (χ0) is 18.5. The van der Waals surface area contributed by atoms with Gasteiger partial charge in [-0.15, -0.1) is 0 Å². The summed E-state index contributed by atoms with van der Waals surface area (Å²) in [4.78, 5) is 29.3. The molecular formula is C19H24F2N2O3. The summed E-state index contributed by atoms with van der Waals surface area (Å²) in [6.45, 7) is -1.10. The number of ether oxygens (including phenoxy) is 1. The molecule has 0 radical (unpaired) electrons. The van der Waals surface area contributed by atoms with Crippen LogP contribution in [0.25, 0.3) is 0 Å². The predicted octanol–water partition coefficient (Wildman–Crippen LogP) is 3.30. The van der Waals surface area contributed by atoms with Gasteiger partial charge in [0.1, 0.15) is 11.8 Å². The van der Waals surface area contributed by atoms with Gasteiger partial charge < -0.3 is 14.5 Å². The Balaban J connectivity index is 1.77. The number of hydrogen-bond acceptors (Lipinski definition) is 3. The predicted molar refractivity (Wildman–Crippen MR) is 92.2 cm³/mol. The van der Waals surface area contributed by atoms with E-state index in [2.05, 4.69) is 4.74 Å². The molecule has 2 heterocycles. The fourth-order valence-electron chi connectivity index (χ4n) is 3.77. The normalized spacial score (nSPS) is 21.0. The van der Waals surface area contributed by atoms with Crippen molar-refractivity contribution >= 4 is 11.8 Å². The molecule has 5 nitrogen and oxygen atoms in total. The molecular weight excluding hydrogens is 342 g/mol. The third kappa shape index (κ3) is 4.14. The van der Waals surface area contributed by atoms with Gasteiger partial charge in [0.2, 0.25) is 5.91 Å². The molecule has 0 aliphatic carbocycles. The van der Waals surface area contributed by atoms with Crippen molar-refractivity contribution in [2.75, 3.05) is 19.6 Å². The van der Waals surface area contributed by atoms with Gasteiger partial charge in [0.15, 0.2) is 0 Å². The van der Waals surface area contributed by atoms with Crippen molar-refractivity contribution in [2.24, 2.45) is 0 Å². The maximum absolute atomic E-state index is 12.9. The van der Waals surface area contributed by atoms with Crippen LogP contribution in [0.4, 0.5) is 8.78 Å². The Hall–Kier alpha value is -2.18. The summed E-state index contributed by atoms with van der Waals surface area (Å²) in [5, 5.41) is 0. The molecule has 0 bridgehead atoms. The van der Waals surface area contributed by atoms with Crippen molar-refractivity contribution in [3.8, 4) is 5.75 Å². The minimum absolute atomic E-state index is 0.0231. The summed E-state index contributed by atoms with van der Waals surface area (Å²) >= 11 is 0. The number of benzene rings is 1. The van der Waals surface area contributed by atoms with Gasteiger partial charge in [0.05, 0.1) is 5.56 Å². The Labute approximate surface area is 151 Å². The molecule has 0 aromatic heterocycles. The van der Waals surface area contributed by atoms with E-state index in [0.29, 0.717) is 13.0 Å². The highest BCUT2D eigenvalue weighted by Crippen LogP contribution is 2.27. The molecule has 2 saturated heterocycles. The van der Waals surface area contributed by atoms with E-state index < -0.39 is 18.6 Å². The molecule has 2 amide bonds. The van der Waals surface area contributed by atoms with Gasteiger partial charge >= 0.3 is 6.61 Å². The van der Waals surface area contributed by atoms with E-state index in [9.17, 15) is 18.4 Å². The number of amides is 2. The van der Waals surface area contributed by atoms with Crippen LogP contribution in [0, 0.1) is 0 Å². The lowest BCUT2D eigenvalue weighted by molar-refractivity contribution is -0.135. The highest BCUT2D eigenvalue weighted by molar-refractivity contribution is 6.00. The molecule has 1 atom stereocenters. The highest BCUT2D eigenvalue weighted by atomic mass is 19.3. The van der Waals surface area contributed by atoms with Crippen molar-refractivity contribution < 1.29 is 23.1 Å². The lowest BCUT2D eigenvalue weighted by Crippen LogP contribution is -2.48. The molecule has 2 aliphatic heterocycles. The van der Waals surface area contributed by atoms with E-state index in [1.807, 2.05) is 4.90 Å². The van der Waals surface area contributed by atoms with E-state index in [1.54, 1.807) is 12.1 Å². The third-order valence-electron chi connectivity index (χ3n) is 5.05. The molecule has 0 saturated carbocycles. The Bertz CT molecular complexity index is 645. The van der Waals surface area contributed by atoms with E-state index in [4.69, 9.17) is 0 Å². The van der Waals surface area contributed by atoms with Crippen molar-refractivity contribution in [1.29, 1.82) is 0 Å². The third-order valence-corrected chi connectivity index (χ3v) is 5.05. The minimum Gasteiger partial charge on any atom is -0.434 e. The monoisotopic (exact) mass is 366 g/mol. The summed E-state index contributed by atoms with van der Waals surface area (Å²) in [5.74, 6) is -0.600. The second kappa shape index (κ2) is 8.47. The van der Waals surface area contributed by atoms with Crippen LogP contribution in [0.5, 0.6) is 5.75 Å². The minimum atomic E-state index is -3.00. The van der Waals surface area contributed by atoms with Crippen LogP contribution < -0.4 is 4.74 Å². The van der Waals surface area contributed by atoms with Crippen LogP contribution >= 0.6 is 0 Å². The topological polar surface area (TPSA) is 49.9 Å². The van der Waals surface area contributed by atoms with Crippen molar-refractivity contribution in [3.63, 3.8) is 0 Å². The molecule has 0 unspecified atom stereocenters. The quantitative estimate of drug-likeness (QED) is 0.822. The lowest BCUT2D eigenvalue weighted by Gasteiger charge is -2.30. The SMILES string of the molecule is O=C([C@H]1CCCN1C(=O)c1ccccc1OC(F)F)N1CCCCCC1. The fourth-order valence-corrected chi connectivity index (χ4v) is 3.77. The molecule has 2 aliphatic rings. The Kier molecular flexibility index (Phi) is 6.06. The zero-order valence-electron chi connectivity index (χ0n) is 14.7. The van der Waals surface area contributed by atoms with Crippen LogP contribution in [-0.4, -0.2) is 53.9 Å². The van der Waals surface area contributed by atoms with Crippen LogP contribution in [0.1, 0.15) is 48.9 Å². The average molecular weight is 366 g/mol. The molecule has 0 spiro atoms. The number of rotatable bonds is 4. The first-order valence-electron chi connectivity index (χ1n) is 9.21. The Morgan fingerprint density at radius 3 is 2.38 bits per heavy atom. The smallest absolute Gasteiger partial charge is 0.387 e. The van der Waals surface area contributed by atoms with E-state index in [-0.39, 0.29) is 17.2 Å². The van der Waals surface area contributed by atoms with Gasteiger partial charge in [-0.1, -0.05) is 25.0 Å². The first-order chi connectivity index (χ1) is 12.6.